The third kappa shape index (κ3) is 6.48. The molecule has 0 saturated heterocycles. The highest BCUT2D eigenvalue weighted by Gasteiger charge is 2.02. The van der Waals surface area contributed by atoms with Gasteiger partial charge in [0.1, 0.15) is 5.75 Å². The van der Waals surface area contributed by atoms with Gasteiger partial charge in [-0.1, -0.05) is 37.0 Å². The largest absolute Gasteiger partial charge is 0.492 e. The van der Waals surface area contributed by atoms with Crippen molar-refractivity contribution in [2.75, 3.05) is 13.2 Å². The average Bonchev–Trinajstić information content (AvgIpc) is 2.32. The highest BCUT2D eigenvalue weighted by atomic mass is 35.5. The minimum absolute atomic E-state index is 0.562. The lowest BCUT2D eigenvalue weighted by Crippen LogP contribution is -2.23. The van der Waals surface area contributed by atoms with Gasteiger partial charge >= 0.3 is 0 Å². The average molecular weight is 290 g/mol. The van der Waals surface area contributed by atoms with Gasteiger partial charge in [-0.3, -0.25) is 0 Å². The van der Waals surface area contributed by atoms with Crippen molar-refractivity contribution in [1.82, 2.24) is 5.32 Å². The van der Waals surface area contributed by atoms with Crippen LogP contribution in [0, 0.1) is 0 Å². The van der Waals surface area contributed by atoms with Crippen molar-refractivity contribution in [2.24, 2.45) is 0 Å². The highest BCUT2D eigenvalue weighted by molar-refractivity contribution is 6.34. The van der Waals surface area contributed by atoms with Gasteiger partial charge in [-0.15, -0.1) is 0 Å². The minimum atomic E-state index is 0.562. The molecule has 0 amide bonds. The predicted molar refractivity (Wildman–Crippen MR) is 78.9 cm³/mol. The molecular formula is C14H21Cl2NO. The van der Waals surface area contributed by atoms with E-state index in [1.165, 1.54) is 6.42 Å². The Labute approximate surface area is 120 Å². The van der Waals surface area contributed by atoms with E-state index < -0.39 is 0 Å². The summed E-state index contributed by atoms with van der Waals surface area (Å²) in [5, 5.41) is 4.65. The van der Waals surface area contributed by atoms with E-state index in [1.54, 1.807) is 18.2 Å². The number of ether oxygens (including phenoxy) is 1. The first-order valence-corrected chi connectivity index (χ1v) is 7.16. The van der Waals surface area contributed by atoms with Gasteiger partial charge in [0.25, 0.3) is 0 Å². The minimum Gasteiger partial charge on any atom is -0.492 e. The van der Waals surface area contributed by atoms with Gasteiger partial charge < -0.3 is 10.1 Å². The number of benzene rings is 1. The van der Waals surface area contributed by atoms with Crippen LogP contribution >= 0.6 is 23.2 Å². The van der Waals surface area contributed by atoms with E-state index in [4.69, 9.17) is 27.9 Å². The number of hydrogen-bond donors (Lipinski definition) is 1. The molecule has 102 valence electrons. The molecule has 0 heterocycles. The summed E-state index contributed by atoms with van der Waals surface area (Å²) in [6.45, 7) is 6.06. The summed E-state index contributed by atoms with van der Waals surface area (Å²) in [5.74, 6) is 0.671. The van der Waals surface area contributed by atoms with Crippen LogP contribution in [0.3, 0.4) is 0 Å². The third-order valence-electron chi connectivity index (χ3n) is 2.52. The molecule has 0 spiro atoms. The van der Waals surface area contributed by atoms with Gasteiger partial charge in [0.15, 0.2) is 0 Å². The lowest BCUT2D eigenvalue weighted by Gasteiger charge is -2.09. The molecule has 0 atom stereocenters. The van der Waals surface area contributed by atoms with Gasteiger partial charge in [-0.2, -0.15) is 0 Å². The van der Waals surface area contributed by atoms with E-state index in [1.807, 2.05) is 0 Å². The number of rotatable bonds is 8. The number of hydrogen-bond acceptors (Lipinski definition) is 2. The first-order chi connectivity index (χ1) is 8.59. The topological polar surface area (TPSA) is 21.3 Å². The van der Waals surface area contributed by atoms with Crippen LogP contribution in [0.1, 0.15) is 33.1 Å². The standard InChI is InChI=1S/C14H21Cl2NO/c1-11(2)17-8-4-3-5-9-18-14-10-12(15)6-7-13(14)16/h6-7,10-11,17H,3-5,8-9H2,1-2H3. The van der Waals surface area contributed by atoms with Gasteiger partial charge in [-0.25, -0.2) is 0 Å². The summed E-state index contributed by atoms with van der Waals surface area (Å²) >= 11 is 11.9. The first-order valence-electron chi connectivity index (χ1n) is 6.41. The van der Waals surface area contributed by atoms with Crippen molar-refractivity contribution in [3.05, 3.63) is 28.2 Å². The van der Waals surface area contributed by atoms with Crippen LogP contribution in [-0.4, -0.2) is 19.2 Å². The molecule has 18 heavy (non-hydrogen) atoms. The molecule has 1 rings (SSSR count). The van der Waals surface area contributed by atoms with Crippen molar-refractivity contribution in [3.8, 4) is 5.75 Å². The second-order valence-corrected chi connectivity index (χ2v) is 5.44. The molecule has 1 aromatic rings. The molecule has 0 aliphatic heterocycles. The van der Waals surface area contributed by atoms with Crippen molar-refractivity contribution in [2.45, 2.75) is 39.2 Å². The summed E-state index contributed by atoms with van der Waals surface area (Å²) < 4.78 is 5.61. The molecule has 0 aliphatic rings. The summed E-state index contributed by atoms with van der Waals surface area (Å²) in [7, 11) is 0. The van der Waals surface area contributed by atoms with E-state index in [9.17, 15) is 0 Å². The number of unbranched alkanes of at least 4 members (excludes halogenated alkanes) is 2. The summed E-state index contributed by atoms with van der Waals surface area (Å²) in [4.78, 5) is 0. The van der Waals surface area contributed by atoms with Crippen LogP contribution in [0.15, 0.2) is 18.2 Å². The third-order valence-corrected chi connectivity index (χ3v) is 3.07. The van der Waals surface area contributed by atoms with Crippen LogP contribution in [-0.2, 0) is 0 Å². The molecule has 0 fully saturated rings. The zero-order valence-electron chi connectivity index (χ0n) is 11.0. The fraction of sp³-hybridized carbons (Fsp3) is 0.571. The van der Waals surface area contributed by atoms with E-state index >= 15 is 0 Å². The maximum atomic E-state index is 6.00. The molecule has 2 nitrogen and oxygen atoms in total. The van der Waals surface area contributed by atoms with E-state index in [-0.39, 0.29) is 0 Å². The molecular weight excluding hydrogens is 269 g/mol. The van der Waals surface area contributed by atoms with Crippen molar-refractivity contribution >= 4 is 23.2 Å². The van der Waals surface area contributed by atoms with Gasteiger partial charge in [-0.05, 0) is 37.9 Å². The van der Waals surface area contributed by atoms with Crippen molar-refractivity contribution in [1.29, 1.82) is 0 Å². The Morgan fingerprint density at radius 2 is 1.94 bits per heavy atom. The Hall–Kier alpha value is -0.440. The normalized spacial score (nSPS) is 10.9. The fourth-order valence-electron chi connectivity index (χ4n) is 1.56. The van der Waals surface area contributed by atoms with Crippen LogP contribution in [0.4, 0.5) is 0 Å². The lowest BCUT2D eigenvalue weighted by atomic mass is 10.2. The molecule has 0 unspecified atom stereocenters. The first kappa shape index (κ1) is 15.6. The molecule has 0 aromatic heterocycles. The smallest absolute Gasteiger partial charge is 0.139 e. The van der Waals surface area contributed by atoms with Crippen molar-refractivity contribution in [3.63, 3.8) is 0 Å². The zero-order chi connectivity index (χ0) is 13.4. The van der Waals surface area contributed by atoms with Crippen LogP contribution in [0.2, 0.25) is 10.0 Å². The van der Waals surface area contributed by atoms with Crippen LogP contribution in [0.25, 0.3) is 0 Å². The van der Waals surface area contributed by atoms with E-state index in [2.05, 4.69) is 19.2 Å². The fourth-order valence-corrected chi connectivity index (χ4v) is 1.90. The molecule has 0 bridgehead atoms. The SMILES string of the molecule is CC(C)NCCCCCOc1cc(Cl)ccc1Cl. The quantitative estimate of drug-likeness (QED) is 0.710. The molecule has 4 heteroatoms. The maximum Gasteiger partial charge on any atom is 0.139 e. The Morgan fingerprint density at radius 3 is 2.67 bits per heavy atom. The Morgan fingerprint density at radius 1 is 1.17 bits per heavy atom. The predicted octanol–water partition coefficient (Wildman–Crippen LogP) is 4.54. The van der Waals surface area contributed by atoms with E-state index in [0.717, 1.165) is 19.4 Å². The van der Waals surface area contributed by atoms with Gasteiger partial charge in [0, 0.05) is 17.1 Å². The van der Waals surface area contributed by atoms with Crippen LogP contribution in [0.5, 0.6) is 5.75 Å². The number of halogens is 2. The second kappa shape index (κ2) is 8.63. The van der Waals surface area contributed by atoms with Crippen LogP contribution < -0.4 is 10.1 Å². The number of nitrogens with one attached hydrogen (secondary N) is 1. The summed E-state index contributed by atoms with van der Waals surface area (Å²) in [5.41, 5.74) is 0. The molecule has 0 saturated carbocycles. The van der Waals surface area contributed by atoms with Crippen molar-refractivity contribution < 1.29 is 4.74 Å². The summed E-state index contributed by atoms with van der Waals surface area (Å²) in [6, 6.07) is 5.83. The van der Waals surface area contributed by atoms with Gasteiger partial charge in [0.05, 0.1) is 11.6 Å². The molecule has 0 radical (unpaired) electrons. The Balaban J connectivity index is 2.12. The Kier molecular flexibility index (Phi) is 7.48. The zero-order valence-corrected chi connectivity index (χ0v) is 12.5. The second-order valence-electron chi connectivity index (χ2n) is 4.59. The molecule has 1 aromatic carbocycles. The lowest BCUT2D eigenvalue weighted by molar-refractivity contribution is 0.305. The molecule has 0 aliphatic carbocycles. The van der Waals surface area contributed by atoms with E-state index in [0.29, 0.717) is 28.4 Å². The molecule has 1 N–H and O–H groups in total. The Bertz CT molecular complexity index is 356. The maximum absolute atomic E-state index is 6.00. The monoisotopic (exact) mass is 289 g/mol. The highest BCUT2D eigenvalue weighted by Crippen LogP contribution is 2.27. The van der Waals surface area contributed by atoms with Gasteiger partial charge in [0.2, 0.25) is 0 Å². The summed E-state index contributed by atoms with van der Waals surface area (Å²) in [6.07, 6.45) is 3.35.